The van der Waals surface area contributed by atoms with Gasteiger partial charge in [0, 0.05) is 10.7 Å². The summed E-state index contributed by atoms with van der Waals surface area (Å²) in [6, 6.07) is 7.45. The molecule has 0 aliphatic carbocycles. The average molecular weight is 298 g/mol. The second kappa shape index (κ2) is 3.64. The normalized spacial score (nSPS) is 11.1. The highest BCUT2D eigenvalue weighted by molar-refractivity contribution is 9.10. The van der Waals surface area contributed by atoms with E-state index in [4.69, 9.17) is 16.0 Å². The summed E-state index contributed by atoms with van der Waals surface area (Å²) >= 11 is 9.17. The van der Waals surface area contributed by atoms with Gasteiger partial charge in [0.2, 0.25) is 0 Å². The average Bonchev–Trinajstić information content (AvgIpc) is 2.83. The maximum atomic E-state index is 5.75. The van der Waals surface area contributed by atoms with E-state index >= 15 is 0 Å². The van der Waals surface area contributed by atoms with Crippen LogP contribution in [0.2, 0.25) is 5.22 Å². The molecule has 3 aromatic rings. The van der Waals surface area contributed by atoms with Crippen LogP contribution in [0.15, 0.2) is 45.5 Å². The topological polar surface area (TPSA) is 30.4 Å². The van der Waals surface area contributed by atoms with Crippen molar-refractivity contribution in [2.45, 2.75) is 0 Å². The number of rotatable bonds is 1. The van der Waals surface area contributed by atoms with Gasteiger partial charge in [-0.05, 0) is 51.8 Å². The Morgan fingerprint density at radius 1 is 1.25 bits per heavy atom. The van der Waals surface area contributed by atoms with Gasteiger partial charge in [-0.15, -0.1) is 0 Å². The van der Waals surface area contributed by atoms with E-state index in [-0.39, 0.29) is 0 Å². The number of fused-ring (bicyclic) bond motifs is 1. The van der Waals surface area contributed by atoms with Crippen LogP contribution >= 0.6 is 27.5 Å². The molecule has 80 valence electrons. The Morgan fingerprint density at radius 2 is 2.12 bits per heavy atom. The summed E-state index contributed by atoms with van der Waals surface area (Å²) in [5, 5.41) is 0.363. The van der Waals surface area contributed by atoms with Crippen LogP contribution in [0, 0.1) is 0 Å². The highest BCUT2D eigenvalue weighted by Crippen LogP contribution is 2.25. The van der Waals surface area contributed by atoms with E-state index in [1.54, 1.807) is 18.3 Å². The largest absolute Gasteiger partial charge is 0.441 e. The number of nitrogens with zero attached hydrogens (tertiary/aromatic N) is 2. The number of aromatic nitrogens is 2. The zero-order valence-electron chi connectivity index (χ0n) is 8.02. The predicted octanol–water partition coefficient (Wildman–Crippen LogP) is 4.01. The number of halogens is 2. The van der Waals surface area contributed by atoms with E-state index in [1.165, 1.54) is 0 Å². The van der Waals surface area contributed by atoms with Crippen molar-refractivity contribution in [1.82, 2.24) is 9.38 Å². The molecule has 0 amide bonds. The van der Waals surface area contributed by atoms with Crippen LogP contribution < -0.4 is 0 Å². The molecule has 0 spiro atoms. The van der Waals surface area contributed by atoms with Gasteiger partial charge >= 0.3 is 0 Å². The van der Waals surface area contributed by atoms with E-state index < -0.39 is 0 Å². The van der Waals surface area contributed by atoms with Crippen molar-refractivity contribution in [1.29, 1.82) is 0 Å². The molecule has 0 atom stereocenters. The fourth-order valence-electron chi connectivity index (χ4n) is 1.58. The molecule has 0 aromatic carbocycles. The molecule has 0 saturated heterocycles. The van der Waals surface area contributed by atoms with E-state index in [9.17, 15) is 0 Å². The molecule has 0 aliphatic rings. The lowest BCUT2D eigenvalue weighted by molar-refractivity contribution is 0.579. The summed E-state index contributed by atoms with van der Waals surface area (Å²) in [6.07, 6.45) is 3.73. The lowest BCUT2D eigenvalue weighted by Gasteiger charge is -1.98. The third-order valence-corrected chi connectivity index (χ3v) is 2.96. The van der Waals surface area contributed by atoms with Gasteiger partial charge in [-0.3, -0.25) is 4.40 Å². The lowest BCUT2D eigenvalue weighted by Crippen LogP contribution is -1.87. The molecule has 3 nitrogen and oxygen atoms in total. The summed E-state index contributed by atoms with van der Waals surface area (Å²) in [5.41, 5.74) is 1.01. The Morgan fingerprint density at radius 3 is 2.88 bits per heavy atom. The monoisotopic (exact) mass is 296 g/mol. The van der Waals surface area contributed by atoms with Crippen molar-refractivity contribution < 1.29 is 4.42 Å². The molecular formula is C11H6BrClN2O. The minimum absolute atomic E-state index is 0.363. The number of pyridine rings is 1. The van der Waals surface area contributed by atoms with Crippen molar-refractivity contribution in [3.8, 4) is 11.6 Å². The van der Waals surface area contributed by atoms with E-state index in [0.29, 0.717) is 11.0 Å². The van der Waals surface area contributed by atoms with Crippen LogP contribution in [0.4, 0.5) is 0 Å². The van der Waals surface area contributed by atoms with Crippen LogP contribution in [-0.4, -0.2) is 9.38 Å². The SMILES string of the molecule is Clc1ccc(-c2ncc3ccc(Br)cn23)o1. The van der Waals surface area contributed by atoms with Gasteiger partial charge in [-0.2, -0.15) is 0 Å². The molecule has 5 heteroatoms. The fourth-order valence-corrected chi connectivity index (χ4v) is 2.06. The van der Waals surface area contributed by atoms with Crippen molar-refractivity contribution >= 4 is 33.0 Å². The van der Waals surface area contributed by atoms with E-state index in [2.05, 4.69) is 20.9 Å². The Bertz CT molecular complexity index is 659. The Balaban J connectivity index is 2.27. The van der Waals surface area contributed by atoms with Gasteiger partial charge in [-0.1, -0.05) is 0 Å². The van der Waals surface area contributed by atoms with Crippen LogP contribution in [0.3, 0.4) is 0 Å². The molecule has 0 N–H and O–H groups in total. The molecule has 16 heavy (non-hydrogen) atoms. The third kappa shape index (κ3) is 1.54. The lowest BCUT2D eigenvalue weighted by atomic mass is 10.4. The summed E-state index contributed by atoms with van der Waals surface area (Å²) in [5.74, 6) is 1.39. The van der Waals surface area contributed by atoms with Crippen molar-refractivity contribution in [3.63, 3.8) is 0 Å². The highest BCUT2D eigenvalue weighted by atomic mass is 79.9. The van der Waals surface area contributed by atoms with Gasteiger partial charge in [0.1, 0.15) is 0 Å². The quantitative estimate of drug-likeness (QED) is 0.679. The first-order valence-electron chi connectivity index (χ1n) is 4.62. The molecule has 0 unspecified atom stereocenters. The summed E-state index contributed by atoms with van der Waals surface area (Å²) in [6.45, 7) is 0. The molecule has 0 saturated carbocycles. The van der Waals surface area contributed by atoms with E-state index in [0.717, 1.165) is 15.8 Å². The second-order valence-corrected chi connectivity index (χ2v) is 4.62. The van der Waals surface area contributed by atoms with Crippen LogP contribution in [0.1, 0.15) is 0 Å². The first kappa shape index (κ1) is 9.93. The number of imidazole rings is 1. The molecule has 0 radical (unpaired) electrons. The van der Waals surface area contributed by atoms with Crippen LogP contribution in [0.5, 0.6) is 0 Å². The standard InChI is InChI=1S/C11H6BrClN2O/c12-7-1-2-8-5-14-11(15(8)6-7)9-3-4-10(13)16-9/h1-6H. The first-order valence-corrected chi connectivity index (χ1v) is 5.79. The number of hydrogen-bond acceptors (Lipinski definition) is 2. The summed E-state index contributed by atoms with van der Waals surface area (Å²) < 4.78 is 8.27. The smallest absolute Gasteiger partial charge is 0.194 e. The molecule has 0 aliphatic heterocycles. The van der Waals surface area contributed by atoms with Crippen LogP contribution in [-0.2, 0) is 0 Å². The molecule has 3 rings (SSSR count). The van der Waals surface area contributed by atoms with Gasteiger partial charge in [0.15, 0.2) is 16.8 Å². The molecule has 0 bridgehead atoms. The minimum Gasteiger partial charge on any atom is -0.441 e. The number of furan rings is 1. The molecule has 0 fully saturated rings. The zero-order chi connectivity index (χ0) is 11.1. The van der Waals surface area contributed by atoms with Gasteiger partial charge in [0.05, 0.1) is 11.7 Å². The predicted molar refractivity (Wildman–Crippen MR) is 65.6 cm³/mol. The third-order valence-electron chi connectivity index (χ3n) is 2.28. The van der Waals surface area contributed by atoms with Crippen molar-refractivity contribution in [3.05, 3.63) is 46.4 Å². The maximum absolute atomic E-state index is 5.75. The van der Waals surface area contributed by atoms with Crippen molar-refractivity contribution in [2.75, 3.05) is 0 Å². The molecule has 3 heterocycles. The summed E-state index contributed by atoms with van der Waals surface area (Å²) in [4.78, 5) is 4.31. The Hall–Kier alpha value is -1.26. The zero-order valence-corrected chi connectivity index (χ0v) is 10.4. The van der Waals surface area contributed by atoms with Gasteiger partial charge < -0.3 is 4.42 Å². The van der Waals surface area contributed by atoms with Gasteiger partial charge in [0.25, 0.3) is 0 Å². The molecule has 3 aromatic heterocycles. The Kier molecular flexibility index (Phi) is 2.26. The second-order valence-electron chi connectivity index (χ2n) is 3.33. The first-order chi connectivity index (χ1) is 7.74. The highest BCUT2D eigenvalue weighted by Gasteiger charge is 2.10. The maximum Gasteiger partial charge on any atom is 0.194 e. The summed E-state index contributed by atoms with van der Waals surface area (Å²) in [7, 11) is 0. The fraction of sp³-hybridized carbons (Fsp3) is 0. The minimum atomic E-state index is 0.363. The van der Waals surface area contributed by atoms with Gasteiger partial charge in [-0.25, -0.2) is 4.98 Å². The number of hydrogen-bond donors (Lipinski definition) is 0. The Labute approximate surface area is 105 Å². The van der Waals surface area contributed by atoms with E-state index in [1.807, 2.05) is 22.7 Å². The molecular weight excluding hydrogens is 291 g/mol. The van der Waals surface area contributed by atoms with Crippen molar-refractivity contribution in [2.24, 2.45) is 0 Å². The van der Waals surface area contributed by atoms with Crippen LogP contribution in [0.25, 0.3) is 17.1 Å².